The second-order valence-corrected chi connectivity index (χ2v) is 11.7. The quantitative estimate of drug-likeness (QED) is 0.358. The lowest BCUT2D eigenvalue weighted by molar-refractivity contribution is -0.150. The molecule has 2 saturated heterocycles. The van der Waals surface area contributed by atoms with Crippen molar-refractivity contribution in [2.75, 3.05) is 26.6 Å². The number of urea groups is 1. The van der Waals surface area contributed by atoms with Gasteiger partial charge in [0.1, 0.15) is 6.04 Å². The van der Waals surface area contributed by atoms with Crippen LogP contribution < -0.4 is 5.32 Å². The van der Waals surface area contributed by atoms with E-state index in [0.29, 0.717) is 24.3 Å². The maximum atomic E-state index is 13.0. The smallest absolute Gasteiger partial charge is 0.405 e. The summed E-state index contributed by atoms with van der Waals surface area (Å²) in [4.78, 5) is 29.5. The lowest BCUT2D eigenvalue weighted by atomic mass is 9.47. The van der Waals surface area contributed by atoms with Crippen LogP contribution in [0.2, 0.25) is 0 Å². The number of carbonyl (C=O) groups excluding carboxylic acids is 2. The van der Waals surface area contributed by atoms with Crippen LogP contribution in [-0.4, -0.2) is 73.7 Å². The summed E-state index contributed by atoms with van der Waals surface area (Å²) in [6.07, 6.45) is 13.2. The molecular weight excluding hydrogens is 429 g/mol. The Balaban J connectivity index is 1.17. The summed E-state index contributed by atoms with van der Waals surface area (Å²) < 4.78 is 12.4. The Morgan fingerprint density at radius 3 is 2.56 bits per heavy atom. The first-order valence-electron chi connectivity index (χ1n) is 13.9. The van der Waals surface area contributed by atoms with Gasteiger partial charge in [-0.3, -0.25) is 4.79 Å². The third-order valence-corrected chi connectivity index (χ3v) is 9.13. The van der Waals surface area contributed by atoms with E-state index in [1.807, 2.05) is 7.05 Å². The molecule has 2 aliphatic heterocycles. The highest BCUT2D eigenvalue weighted by Gasteiger charge is 2.61. The number of carbonyl (C=O) groups is 2. The molecule has 8 heteroatoms. The fourth-order valence-electron chi connectivity index (χ4n) is 6.69. The van der Waals surface area contributed by atoms with Crippen LogP contribution in [0, 0.1) is 17.3 Å². The average Bonchev–Trinajstić information content (AvgIpc) is 3.48. The van der Waals surface area contributed by atoms with Crippen molar-refractivity contribution >= 4 is 19.1 Å². The monoisotopic (exact) mass is 475 g/mol. The fourth-order valence-corrected chi connectivity index (χ4v) is 6.69. The molecule has 2 heterocycles. The van der Waals surface area contributed by atoms with Gasteiger partial charge in [-0.05, 0) is 49.4 Å². The minimum Gasteiger partial charge on any atom is -0.405 e. The normalized spacial score (nSPS) is 31.2. The maximum absolute atomic E-state index is 13.0. The van der Waals surface area contributed by atoms with Crippen molar-refractivity contribution in [2.45, 2.75) is 110 Å². The van der Waals surface area contributed by atoms with E-state index in [2.05, 4.69) is 26.1 Å². The van der Waals surface area contributed by atoms with E-state index < -0.39 is 0 Å². The first-order valence-corrected chi connectivity index (χ1v) is 13.9. The lowest BCUT2D eigenvalue weighted by Crippen LogP contribution is -2.59. The van der Waals surface area contributed by atoms with Crippen LogP contribution in [-0.2, 0) is 14.1 Å². The van der Waals surface area contributed by atoms with Crippen LogP contribution in [0.3, 0.4) is 0 Å². The minimum atomic E-state index is -0.389. The summed E-state index contributed by atoms with van der Waals surface area (Å²) in [5.41, 5.74) is 0.342. The maximum Gasteiger partial charge on any atom is 0.478 e. The summed E-state index contributed by atoms with van der Waals surface area (Å²) in [5, 5.41) is 3.02. The largest absolute Gasteiger partial charge is 0.478 e. The molecule has 5 rings (SSSR count). The van der Waals surface area contributed by atoms with Crippen LogP contribution in [0.25, 0.3) is 0 Å². The van der Waals surface area contributed by atoms with Crippen molar-refractivity contribution in [3.05, 3.63) is 0 Å². The van der Waals surface area contributed by atoms with Gasteiger partial charge in [-0.15, -0.1) is 0 Å². The number of unbranched alkanes of at least 4 members (excludes halogenated alkanes) is 6. The van der Waals surface area contributed by atoms with Crippen molar-refractivity contribution in [1.82, 2.24) is 15.1 Å². The van der Waals surface area contributed by atoms with Gasteiger partial charge in [0.05, 0.1) is 18.7 Å². The molecule has 192 valence electrons. The van der Waals surface area contributed by atoms with Crippen LogP contribution in [0.5, 0.6) is 0 Å². The van der Waals surface area contributed by atoms with Gasteiger partial charge >= 0.3 is 13.1 Å². The molecule has 3 saturated carbocycles. The Morgan fingerprint density at radius 2 is 1.82 bits per heavy atom. The van der Waals surface area contributed by atoms with E-state index in [4.69, 9.17) is 9.31 Å². The molecule has 0 aromatic rings. The molecule has 0 aromatic heterocycles. The highest BCUT2D eigenvalue weighted by atomic mass is 16.7. The van der Waals surface area contributed by atoms with E-state index in [1.165, 1.54) is 38.5 Å². The second-order valence-electron chi connectivity index (χ2n) is 11.7. The van der Waals surface area contributed by atoms with E-state index >= 15 is 0 Å². The molecular formula is C26H46BN3O4. The Morgan fingerprint density at radius 1 is 1.09 bits per heavy atom. The van der Waals surface area contributed by atoms with Crippen molar-refractivity contribution in [3.63, 3.8) is 0 Å². The molecule has 5 fully saturated rings. The molecule has 3 aliphatic carbocycles. The number of nitrogens with one attached hydrogen (secondary N) is 1. The number of hydrogen-bond donors (Lipinski definition) is 1. The van der Waals surface area contributed by atoms with Crippen molar-refractivity contribution < 1.29 is 18.9 Å². The first-order chi connectivity index (χ1) is 16.3. The molecule has 3 amide bonds. The van der Waals surface area contributed by atoms with Crippen LogP contribution in [0.15, 0.2) is 0 Å². The van der Waals surface area contributed by atoms with Gasteiger partial charge in [0.15, 0.2) is 0 Å². The molecule has 0 aromatic carbocycles. The third-order valence-electron chi connectivity index (χ3n) is 9.13. The van der Waals surface area contributed by atoms with Gasteiger partial charge in [0.2, 0.25) is 5.91 Å². The van der Waals surface area contributed by atoms with Crippen LogP contribution in [0.1, 0.15) is 91.4 Å². The zero-order valence-electron chi connectivity index (χ0n) is 21.9. The van der Waals surface area contributed by atoms with Crippen molar-refractivity contribution in [3.8, 4) is 0 Å². The molecule has 5 aliphatic rings. The van der Waals surface area contributed by atoms with E-state index in [0.717, 1.165) is 44.6 Å². The molecule has 34 heavy (non-hydrogen) atoms. The van der Waals surface area contributed by atoms with Crippen LogP contribution >= 0.6 is 0 Å². The summed E-state index contributed by atoms with van der Waals surface area (Å²) in [6.45, 7) is 8.32. The molecule has 0 spiro atoms. The predicted octanol–water partition coefficient (Wildman–Crippen LogP) is 4.25. The number of hydrogen-bond acceptors (Lipinski definition) is 4. The average molecular weight is 475 g/mol. The lowest BCUT2D eigenvalue weighted by Gasteiger charge is -2.60. The number of likely N-dealkylation sites (tertiary alicyclic amines) is 1. The molecule has 4 unspecified atom stereocenters. The number of amides is 3. The van der Waals surface area contributed by atoms with E-state index in [-0.39, 0.29) is 37.3 Å². The van der Waals surface area contributed by atoms with Gasteiger partial charge < -0.3 is 24.4 Å². The third kappa shape index (κ3) is 5.43. The second kappa shape index (κ2) is 11.2. The zero-order valence-corrected chi connectivity index (χ0v) is 21.9. The van der Waals surface area contributed by atoms with Crippen molar-refractivity contribution in [1.29, 1.82) is 0 Å². The van der Waals surface area contributed by atoms with Gasteiger partial charge in [-0.1, -0.05) is 59.3 Å². The van der Waals surface area contributed by atoms with Gasteiger partial charge in [-0.2, -0.15) is 0 Å². The van der Waals surface area contributed by atoms with Gasteiger partial charge in [-0.25, -0.2) is 4.79 Å². The highest BCUT2D eigenvalue weighted by molar-refractivity contribution is 6.45. The molecule has 1 N–H and O–H groups in total. The molecule has 7 nitrogen and oxygen atoms in total. The zero-order chi connectivity index (χ0) is 24.3. The Kier molecular flexibility index (Phi) is 8.50. The first kappa shape index (κ1) is 25.8. The molecule has 5 atom stereocenters. The van der Waals surface area contributed by atoms with E-state index in [1.54, 1.807) is 9.80 Å². The fraction of sp³-hybridized carbons (Fsp3) is 0.923. The number of rotatable bonds is 11. The summed E-state index contributed by atoms with van der Waals surface area (Å²) >= 11 is 0. The Hall–Kier alpha value is -1.28. The topological polar surface area (TPSA) is 71.1 Å². The van der Waals surface area contributed by atoms with Gasteiger partial charge in [0.25, 0.3) is 0 Å². The Labute approximate surface area is 206 Å². The summed E-state index contributed by atoms with van der Waals surface area (Å²) in [6, 6.07) is -0.413. The molecule has 0 radical (unpaired) electrons. The summed E-state index contributed by atoms with van der Waals surface area (Å²) in [7, 11) is 1.49. The summed E-state index contributed by atoms with van der Waals surface area (Å²) in [5.74, 6) is 1.21. The van der Waals surface area contributed by atoms with Gasteiger partial charge in [0, 0.05) is 20.1 Å². The van der Waals surface area contributed by atoms with Crippen molar-refractivity contribution in [2.24, 2.45) is 17.3 Å². The Bertz CT molecular complexity index is 720. The minimum absolute atomic E-state index is 0.0231. The van der Waals surface area contributed by atoms with Crippen LogP contribution in [0.4, 0.5) is 4.79 Å². The standard InChI is InChI=1S/C26H46BN3O4/c1-5-6-7-8-9-10-11-14-29(4)25(32)30-15-12-13-21(30)24(31)28-18-27-33-22-17-19-16-20(23(22)34-27)26(19,2)3/h19-23H,5-18H2,1-4H3,(H,28,31)/t19?,20?,21-,22?,23?/m0/s1. The highest BCUT2D eigenvalue weighted by Crippen LogP contribution is 2.61. The molecule has 2 bridgehead atoms. The van der Waals surface area contributed by atoms with E-state index in [9.17, 15) is 9.59 Å². The number of nitrogens with zero attached hydrogens (tertiary/aromatic N) is 2. The predicted molar refractivity (Wildman–Crippen MR) is 134 cm³/mol. The SMILES string of the molecule is CCCCCCCCCN(C)C(=O)N1CCC[C@H]1C(=O)NCB1OC2CC3CC(C2O1)C3(C)C.